The molecule has 0 unspecified atom stereocenters. The number of nitrogens with zero attached hydrogens (tertiary/aromatic N) is 7. The van der Waals surface area contributed by atoms with Crippen LogP contribution in [-0.4, -0.2) is 46.0 Å². The maximum absolute atomic E-state index is 13.7. The van der Waals surface area contributed by atoms with Crippen LogP contribution in [0.5, 0.6) is 0 Å². The van der Waals surface area contributed by atoms with Crippen molar-refractivity contribution >= 4 is 28.8 Å². The lowest BCUT2D eigenvalue weighted by atomic mass is 9.91. The molecular weight excluding hydrogens is 479 g/mol. The Kier molecular flexibility index (Phi) is 5.85. The Morgan fingerprint density at radius 1 is 0.917 bits per heavy atom. The van der Waals surface area contributed by atoms with Crippen LogP contribution in [0.25, 0.3) is 5.65 Å². The van der Waals surface area contributed by atoms with Gasteiger partial charge in [-0.05, 0) is 13.0 Å². The summed E-state index contributed by atoms with van der Waals surface area (Å²) in [5, 5.41) is 17.1. The Hall–Kier alpha value is -4.23. The number of amides is 2. The van der Waals surface area contributed by atoms with Crippen LogP contribution in [0.3, 0.4) is 0 Å². The predicted molar refractivity (Wildman–Crippen MR) is 124 cm³/mol. The summed E-state index contributed by atoms with van der Waals surface area (Å²) in [7, 11) is 3.23. The van der Waals surface area contributed by atoms with Crippen LogP contribution in [0.1, 0.15) is 58.8 Å². The Bertz CT molecular complexity index is 1490. The molecular formula is C22H24F3N9O2. The minimum absolute atomic E-state index is 0.0273. The van der Waals surface area contributed by atoms with Crippen LogP contribution in [0, 0.1) is 6.92 Å². The third kappa shape index (κ3) is 4.53. The number of alkyl halides is 3. The number of fused-ring (bicyclic) bond motifs is 1. The molecule has 0 fully saturated rings. The highest BCUT2D eigenvalue weighted by Crippen LogP contribution is 2.32. The summed E-state index contributed by atoms with van der Waals surface area (Å²) in [6, 6.07) is 2.08. The molecule has 0 spiro atoms. The van der Waals surface area contributed by atoms with Gasteiger partial charge in [0.25, 0.3) is 11.8 Å². The highest BCUT2D eigenvalue weighted by molar-refractivity contribution is 6.11. The van der Waals surface area contributed by atoms with Gasteiger partial charge in [0.15, 0.2) is 11.3 Å². The van der Waals surface area contributed by atoms with Gasteiger partial charge in [0.2, 0.25) is 0 Å². The first kappa shape index (κ1) is 24.9. The number of aryl methyl sites for hydroxylation is 2. The van der Waals surface area contributed by atoms with E-state index in [-0.39, 0.29) is 28.4 Å². The Morgan fingerprint density at radius 3 is 2.11 bits per heavy atom. The van der Waals surface area contributed by atoms with Crippen LogP contribution in [0.15, 0.2) is 24.5 Å². The van der Waals surface area contributed by atoms with E-state index in [4.69, 9.17) is 0 Å². The number of hydrogen-bond donors (Lipinski definition) is 2. The Labute approximate surface area is 203 Å². The molecule has 0 saturated carbocycles. The van der Waals surface area contributed by atoms with Crippen LogP contribution >= 0.6 is 0 Å². The first-order valence-electron chi connectivity index (χ1n) is 10.8. The fourth-order valence-corrected chi connectivity index (χ4v) is 3.46. The second-order valence-electron chi connectivity index (χ2n) is 9.28. The van der Waals surface area contributed by atoms with Gasteiger partial charge in [0, 0.05) is 25.6 Å². The maximum atomic E-state index is 13.7. The molecule has 0 saturated heterocycles. The molecule has 190 valence electrons. The van der Waals surface area contributed by atoms with E-state index in [1.165, 1.54) is 24.1 Å². The molecule has 36 heavy (non-hydrogen) atoms. The minimum atomic E-state index is -4.72. The average molecular weight is 503 g/mol. The standard InChI is InChI=1S/C22H24F3N9O2/c1-11-13(9-26-32(11)5)28-20(36)18-14(10-27-33(18)6)29-19(35)12-7-17-30-15(21(2,3)4)8-16(22(23,24)25)34(17)31-12/h7-10H,1-6H3,(H,28,36)(H,29,35). The van der Waals surface area contributed by atoms with E-state index < -0.39 is 29.1 Å². The van der Waals surface area contributed by atoms with Crippen molar-refractivity contribution < 1.29 is 22.8 Å². The molecule has 0 aliphatic heterocycles. The summed E-state index contributed by atoms with van der Waals surface area (Å²) in [6.45, 7) is 6.97. The Morgan fingerprint density at radius 2 is 1.53 bits per heavy atom. The summed E-state index contributed by atoms with van der Waals surface area (Å²) in [6.07, 6.45) is -1.98. The van der Waals surface area contributed by atoms with Crippen molar-refractivity contribution in [2.24, 2.45) is 14.1 Å². The number of rotatable bonds is 4. The van der Waals surface area contributed by atoms with Crippen molar-refractivity contribution in [3.63, 3.8) is 0 Å². The molecule has 0 aliphatic carbocycles. The van der Waals surface area contributed by atoms with Crippen LogP contribution in [-0.2, 0) is 25.7 Å². The second kappa shape index (κ2) is 8.46. The van der Waals surface area contributed by atoms with E-state index in [0.717, 1.165) is 12.1 Å². The van der Waals surface area contributed by atoms with Crippen LogP contribution < -0.4 is 10.6 Å². The summed E-state index contributed by atoms with van der Waals surface area (Å²) in [5.41, 5.74) is -0.689. The quantitative estimate of drug-likeness (QED) is 0.440. The Balaban J connectivity index is 1.67. The second-order valence-corrected chi connectivity index (χ2v) is 9.28. The molecule has 2 N–H and O–H groups in total. The zero-order valence-electron chi connectivity index (χ0n) is 20.4. The summed E-state index contributed by atoms with van der Waals surface area (Å²) >= 11 is 0. The predicted octanol–water partition coefficient (Wildman–Crippen LogP) is 3.33. The molecule has 4 heterocycles. The number of halogens is 3. The lowest BCUT2D eigenvalue weighted by Crippen LogP contribution is -2.21. The van der Waals surface area contributed by atoms with Crippen molar-refractivity contribution in [3.05, 3.63) is 53.0 Å². The van der Waals surface area contributed by atoms with Crippen molar-refractivity contribution in [1.82, 2.24) is 34.2 Å². The number of carbonyl (C=O) groups excluding carboxylic acids is 2. The van der Waals surface area contributed by atoms with Gasteiger partial charge in [-0.3, -0.25) is 19.0 Å². The zero-order chi connectivity index (χ0) is 26.6. The van der Waals surface area contributed by atoms with E-state index in [9.17, 15) is 22.8 Å². The number of aromatic nitrogens is 7. The van der Waals surface area contributed by atoms with Gasteiger partial charge in [-0.25, -0.2) is 9.50 Å². The van der Waals surface area contributed by atoms with Gasteiger partial charge in [0.1, 0.15) is 11.4 Å². The first-order chi connectivity index (χ1) is 16.7. The van der Waals surface area contributed by atoms with Crippen LogP contribution in [0.2, 0.25) is 0 Å². The lowest BCUT2D eigenvalue weighted by Gasteiger charge is -2.19. The molecule has 4 aromatic heterocycles. The van der Waals surface area contributed by atoms with Crippen molar-refractivity contribution in [1.29, 1.82) is 0 Å². The average Bonchev–Trinajstić information content (AvgIpc) is 3.45. The van der Waals surface area contributed by atoms with Gasteiger partial charge in [-0.2, -0.15) is 28.5 Å². The number of carbonyl (C=O) groups is 2. The zero-order valence-corrected chi connectivity index (χ0v) is 20.4. The van der Waals surface area contributed by atoms with Gasteiger partial charge >= 0.3 is 6.18 Å². The number of hydrogen-bond acceptors (Lipinski definition) is 6. The number of anilines is 2. The minimum Gasteiger partial charge on any atom is -0.318 e. The SMILES string of the molecule is Cc1c(NC(=O)c2c(NC(=O)c3cc4nc(C(C)(C)C)cc(C(F)(F)F)n4n3)cnn2C)cnn1C. The van der Waals surface area contributed by atoms with E-state index in [1.807, 2.05) is 0 Å². The van der Waals surface area contributed by atoms with Gasteiger partial charge in [-0.1, -0.05) is 20.8 Å². The monoisotopic (exact) mass is 503 g/mol. The van der Waals surface area contributed by atoms with E-state index >= 15 is 0 Å². The first-order valence-corrected chi connectivity index (χ1v) is 10.8. The van der Waals surface area contributed by atoms with Crippen molar-refractivity contribution in [3.8, 4) is 0 Å². The summed E-state index contributed by atoms with van der Waals surface area (Å²) in [5.74, 6) is -1.39. The highest BCUT2D eigenvalue weighted by atomic mass is 19.4. The fraction of sp³-hybridized carbons (Fsp3) is 0.364. The molecule has 14 heteroatoms. The third-order valence-electron chi connectivity index (χ3n) is 5.60. The molecule has 0 atom stereocenters. The smallest absolute Gasteiger partial charge is 0.318 e. The molecule has 0 radical (unpaired) electrons. The molecule has 4 rings (SSSR count). The topological polar surface area (TPSA) is 124 Å². The van der Waals surface area contributed by atoms with E-state index in [0.29, 0.717) is 15.9 Å². The van der Waals surface area contributed by atoms with Gasteiger partial charge in [0.05, 0.1) is 35.2 Å². The van der Waals surface area contributed by atoms with E-state index in [1.54, 1.807) is 39.4 Å². The highest BCUT2D eigenvalue weighted by Gasteiger charge is 2.36. The van der Waals surface area contributed by atoms with Crippen molar-refractivity contribution in [2.45, 2.75) is 39.3 Å². The molecule has 0 aliphatic rings. The molecule has 11 nitrogen and oxygen atoms in total. The normalized spacial score (nSPS) is 12.2. The van der Waals surface area contributed by atoms with Crippen molar-refractivity contribution in [2.75, 3.05) is 10.6 Å². The van der Waals surface area contributed by atoms with Crippen LogP contribution in [0.4, 0.5) is 24.5 Å². The largest absolute Gasteiger partial charge is 0.433 e. The van der Waals surface area contributed by atoms with Gasteiger partial charge < -0.3 is 10.6 Å². The number of nitrogens with one attached hydrogen (secondary N) is 2. The molecule has 0 aromatic carbocycles. The molecule has 2 amide bonds. The third-order valence-corrected chi connectivity index (χ3v) is 5.60. The van der Waals surface area contributed by atoms with Gasteiger partial charge in [-0.15, -0.1) is 0 Å². The lowest BCUT2D eigenvalue weighted by molar-refractivity contribution is -0.142. The fourth-order valence-electron chi connectivity index (χ4n) is 3.46. The molecule has 0 bridgehead atoms. The summed E-state index contributed by atoms with van der Waals surface area (Å²) in [4.78, 5) is 30.1. The van der Waals surface area contributed by atoms with E-state index in [2.05, 4.69) is 30.9 Å². The molecule has 4 aromatic rings. The maximum Gasteiger partial charge on any atom is 0.433 e. The summed E-state index contributed by atoms with van der Waals surface area (Å²) < 4.78 is 44.7.